The van der Waals surface area contributed by atoms with E-state index in [9.17, 15) is 18.0 Å². The summed E-state index contributed by atoms with van der Waals surface area (Å²) in [4.78, 5) is 11.9. The SMILES string of the molecule is N#Cc1cccc(CNC(=O)NC2CC3(C(F)(F)F)CC2C3)c1. The number of amides is 2. The van der Waals surface area contributed by atoms with Gasteiger partial charge < -0.3 is 10.6 Å². The highest BCUT2D eigenvalue weighted by molar-refractivity contribution is 5.74. The summed E-state index contributed by atoms with van der Waals surface area (Å²) in [7, 11) is 0. The Morgan fingerprint density at radius 2 is 2.09 bits per heavy atom. The number of carbonyl (C=O) groups is 1. The van der Waals surface area contributed by atoms with Gasteiger partial charge in [0.25, 0.3) is 0 Å². The van der Waals surface area contributed by atoms with Crippen molar-refractivity contribution in [3.63, 3.8) is 0 Å². The molecule has 1 atom stereocenters. The van der Waals surface area contributed by atoms with Crippen LogP contribution in [-0.4, -0.2) is 18.2 Å². The number of hydrogen-bond acceptors (Lipinski definition) is 2. The van der Waals surface area contributed by atoms with Gasteiger partial charge >= 0.3 is 12.2 Å². The second-order valence-corrected chi connectivity index (χ2v) is 6.40. The third-order valence-electron chi connectivity index (χ3n) is 4.91. The predicted molar refractivity (Wildman–Crippen MR) is 76.1 cm³/mol. The highest BCUT2D eigenvalue weighted by Crippen LogP contribution is 2.65. The smallest absolute Gasteiger partial charge is 0.335 e. The van der Waals surface area contributed by atoms with Crippen LogP contribution in [0.5, 0.6) is 0 Å². The highest BCUT2D eigenvalue weighted by Gasteiger charge is 2.68. The van der Waals surface area contributed by atoms with Gasteiger partial charge in [-0.25, -0.2) is 4.79 Å². The zero-order valence-electron chi connectivity index (χ0n) is 12.3. The number of alkyl halides is 3. The van der Waals surface area contributed by atoms with E-state index >= 15 is 0 Å². The maximum absolute atomic E-state index is 13.0. The lowest BCUT2D eigenvalue weighted by atomic mass is 9.69. The summed E-state index contributed by atoms with van der Waals surface area (Å²) in [5.74, 6) is -0.0794. The van der Waals surface area contributed by atoms with Crippen molar-refractivity contribution in [2.75, 3.05) is 0 Å². The lowest BCUT2D eigenvalue weighted by molar-refractivity contribution is -0.244. The largest absolute Gasteiger partial charge is 0.394 e. The van der Waals surface area contributed by atoms with Crippen molar-refractivity contribution in [3.8, 4) is 6.07 Å². The summed E-state index contributed by atoms with van der Waals surface area (Å²) in [6.07, 6.45) is -3.98. The molecular weight excluding hydrogens is 307 g/mol. The van der Waals surface area contributed by atoms with Crippen molar-refractivity contribution in [3.05, 3.63) is 35.4 Å². The van der Waals surface area contributed by atoms with Gasteiger partial charge in [-0.1, -0.05) is 12.1 Å². The molecule has 4 nitrogen and oxygen atoms in total. The fraction of sp³-hybridized carbons (Fsp3) is 0.500. The number of fused-ring (bicyclic) bond motifs is 1. The standard InChI is InChI=1S/C16H16F3N3O/c17-16(18,19)15-5-12(6-15)13(7-15)22-14(23)21-9-11-3-1-2-10(4-11)8-20/h1-4,12-13H,5-7,9H2,(H2,21,22,23). The number of urea groups is 1. The normalized spacial score (nSPS) is 28.6. The van der Waals surface area contributed by atoms with E-state index in [1.54, 1.807) is 24.3 Å². The Balaban J connectivity index is 1.51. The monoisotopic (exact) mass is 323 g/mol. The Bertz CT molecular complexity index is 659. The van der Waals surface area contributed by atoms with Crippen LogP contribution in [0.3, 0.4) is 0 Å². The molecule has 0 radical (unpaired) electrons. The number of hydrogen-bond donors (Lipinski definition) is 2. The number of rotatable bonds is 3. The lowest BCUT2D eigenvalue weighted by Crippen LogP contribution is -2.44. The molecule has 1 aromatic carbocycles. The molecule has 1 unspecified atom stereocenters. The summed E-state index contributed by atoms with van der Waals surface area (Å²) in [5.41, 5.74) is -0.327. The van der Waals surface area contributed by atoms with E-state index in [1.807, 2.05) is 6.07 Å². The Morgan fingerprint density at radius 1 is 1.35 bits per heavy atom. The van der Waals surface area contributed by atoms with Crippen LogP contribution in [0.15, 0.2) is 24.3 Å². The first-order valence-corrected chi connectivity index (χ1v) is 7.43. The Labute approximate surface area is 131 Å². The molecule has 3 fully saturated rings. The molecule has 122 valence electrons. The number of nitriles is 1. The van der Waals surface area contributed by atoms with Crippen molar-refractivity contribution >= 4 is 6.03 Å². The molecule has 7 heteroatoms. The minimum atomic E-state index is -4.19. The molecule has 23 heavy (non-hydrogen) atoms. The summed E-state index contributed by atoms with van der Waals surface area (Å²) in [5, 5.41) is 14.1. The third kappa shape index (κ3) is 2.85. The molecule has 4 rings (SSSR count). The minimum absolute atomic E-state index is 0.0293. The van der Waals surface area contributed by atoms with E-state index < -0.39 is 23.7 Å². The van der Waals surface area contributed by atoms with Gasteiger partial charge in [-0.2, -0.15) is 18.4 Å². The van der Waals surface area contributed by atoms with E-state index in [2.05, 4.69) is 10.6 Å². The number of nitrogens with zero attached hydrogens (tertiary/aromatic N) is 1. The predicted octanol–water partition coefficient (Wildman–Crippen LogP) is 3.09. The molecule has 2 amide bonds. The highest BCUT2D eigenvalue weighted by atomic mass is 19.4. The molecule has 0 heterocycles. The summed E-state index contributed by atoms with van der Waals surface area (Å²) >= 11 is 0. The van der Waals surface area contributed by atoms with Crippen LogP contribution in [0.4, 0.5) is 18.0 Å². The van der Waals surface area contributed by atoms with Gasteiger partial charge in [0.2, 0.25) is 0 Å². The average Bonchev–Trinajstić information content (AvgIpc) is 3.00. The molecule has 3 aliphatic carbocycles. The van der Waals surface area contributed by atoms with Gasteiger partial charge in [0.15, 0.2) is 0 Å². The molecular formula is C16H16F3N3O. The summed E-state index contributed by atoms with van der Waals surface area (Å²) < 4.78 is 38.9. The molecule has 3 aliphatic rings. The molecule has 2 bridgehead atoms. The third-order valence-corrected chi connectivity index (χ3v) is 4.91. The van der Waals surface area contributed by atoms with Gasteiger partial charge in [-0.15, -0.1) is 0 Å². The Morgan fingerprint density at radius 3 is 2.70 bits per heavy atom. The second-order valence-electron chi connectivity index (χ2n) is 6.40. The van der Waals surface area contributed by atoms with Gasteiger partial charge in [-0.3, -0.25) is 0 Å². The number of carbonyl (C=O) groups excluding carboxylic acids is 1. The number of benzene rings is 1. The molecule has 0 spiro atoms. The van der Waals surface area contributed by atoms with Crippen LogP contribution in [0, 0.1) is 22.7 Å². The van der Waals surface area contributed by atoms with Gasteiger partial charge in [0.1, 0.15) is 0 Å². The first kappa shape index (κ1) is 15.7. The fourth-order valence-corrected chi connectivity index (χ4v) is 3.65. The molecule has 0 saturated heterocycles. The summed E-state index contributed by atoms with van der Waals surface area (Å²) in [6.45, 7) is 0.225. The Hall–Kier alpha value is -2.23. The van der Waals surface area contributed by atoms with Crippen molar-refractivity contribution < 1.29 is 18.0 Å². The second kappa shape index (κ2) is 5.44. The van der Waals surface area contributed by atoms with Crippen LogP contribution in [0.2, 0.25) is 0 Å². The number of halogens is 3. The molecule has 0 aromatic heterocycles. The van der Waals surface area contributed by atoms with Crippen LogP contribution >= 0.6 is 0 Å². The van der Waals surface area contributed by atoms with E-state index in [4.69, 9.17) is 5.26 Å². The van der Waals surface area contributed by atoms with Gasteiger partial charge in [0.05, 0.1) is 17.0 Å². The van der Waals surface area contributed by atoms with E-state index in [0.29, 0.717) is 5.56 Å². The molecule has 2 N–H and O–H groups in total. The summed E-state index contributed by atoms with van der Waals surface area (Å²) in [6, 6.07) is 7.93. The zero-order chi connectivity index (χ0) is 16.7. The Kier molecular flexibility index (Phi) is 3.71. The van der Waals surface area contributed by atoms with E-state index in [1.165, 1.54) is 0 Å². The van der Waals surface area contributed by atoms with Crippen LogP contribution in [-0.2, 0) is 6.54 Å². The van der Waals surface area contributed by atoms with Crippen LogP contribution in [0.1, 0.15) is 30.4 Å². The van der Waals surface area contributed by atoms with Crippen molar-refractivity contribution in [1.29, 1.82) is 5.26 Å². The van der Waals surface area contributed by atoms with Crippen LogP contribution in [0.25, 0.3) is 0 Å². The van der Waals surface area contributed by atoms with Crippen molar-refractivity contribution in [1.82, 2.24) is 10.6 Å². The first-order valence-electron chi connectivity index (χ1n) is 7.43. The topological polar surface area (TPSA) is 64.9 Å². The van der Waals surface area contributed by atoms with Crippen molar-refractivity contribution in [2.24, 2.45) is 11.3 Å². The maximum Gasteiger partial charge on any atom is 0.394 e. The van der Waals surface area contributed by atoms with Gasteiger partial charge in [-0.05, 0) is 42.9 Å². The minimum Gasteiger partial charge on any atom is -0.335 e. The first-order chi connectivity index (χ1) is 10.8. The number of nitrogens with one attached hydrogen (secondary N) is 2. The molecule has 1 aromatic rings. The van der Waals surface area contributed by atoms with Crippen molar-refractivity contribution in [2.45, 2.75) is 38.0 Å². The molecule has 3 saturated carbocycles. The van der Waals surface area contributed by atoms with E-state index in [-0.39, 0.29) is 31.7 Å². The lowest BCUT2D eigenvalue weighted by Gasteiger charge is -2.39. The quantitative estimate of drug-likeness (QED) is 0.898. The maximum atomic E-state index is 13.0. The fourth-order valence-electron chi connectivity index (χ4n) is 3.65. The zero-order valence-corrected chi connectivity index (χ0v) is 12.3. The van der Waals surface area contributed by atoms with Gasteiger partial charge in [0, 0.05) is 12.6 Å². The van der Waals surface area contributed by atoms with Crippen LogP contribution < -0.4 is 10.6 Å². The average molecular weight is 323 g/mol. The molecule has 0 aliphatic heterocycles. The van der Waals surface area contributed by atoms with E-state index in [0.717, 1.165) is 5.56 Å².